The van der Waals surface area contributed by atoms with Crippen molar-refractivity contribution in [1.82, 2.24) is 10.2 Å². The summed E-state index contributed by atoms with van der Waals surface area (Å²) >= 11 is 0. The Kier molecular flexibility index (Phi) is 4.39. The van der Waals surface area contributed by atoms with Crippen LogP contribution in [0.4, 0.5) is 4.79 Å². The molecule has 0 spiro atoms. The van der Waals surface area contributed by atoms with E-state index in [0.29, 0.717) is 12.8 Å². The number of hydrogen-bond donors (Lipinski definition) is 1. The molecule has 0 aromatic rings. The molecule has 0 bridgehead atoms. The van der Waals surface area contributed by atoms with Gasteiger partial charge in [-0.15, -0.1) is 0 Å². The second-order valence-electron chi connectivity index (χ2n) is 3.20. The number of carbonyl (C=O) groups excluding carboxylic acids is 2. The molecular formula is C9H16N2O3. The van der Waals surface area contributed by atoms with Gasteiger partial charge in [0, 0.05) is 13.6 Å². The van der Waals surface area contributed by atoms with Crippen molar-refractivity contribution < 1.29 is 14.3 Å². The molecule has 80 valence electrons. The third-order valence-electron chi connectivity index (χ3n) is 2.28. The first-order valence-electron chi connectivity index (χ1n) is 4.83. The largest absolute Gasteiger partial charge is 0.351 e. The van der Waals surface area contributed by atoms with Crippen molar-refractivity contribution in [3.05, 3.63) is 0 Å². The van der Waals surface area contributed by atoms with Crippen molar-refractivity contribution in [3.8, 4) is 0 Å². The van der Waals surface area contributed by atoms with E-state index in [2.05, 4.69) is 5.32 Å². The lowest BCUT2D eigenvalue weighted by Crippen LogP contribution is -2.49. The molecule has 0 aromatic heterocycles. The molecule has 5 heteroatoms. The zero-order valence-corrected chi connectivity index (χ0v) is 8.36. The summed E-state index contributed by atoms with van der Waals surface area (Å²) in [6, 6.07) is -0.138. The normalized spacial score (nSPS) is 21.8. The van der Waals surface area contributed by atoms with Crippen LogP contribution in [0, 0.1) is 0 Å². The summed E-state index contributed by atoms with van der Waals surface area (Å²) in [4.78, 5) is 23.2. The number of nitrogens with one attached hydrogen (secondary N) is 1. The van der Waals surface area contributed by atoms with Crippen LogP contribution >= 0.6 is 0 Å². The minimum atomic E-state index is -0.242. The van der Waals surface area contributed by atoms with Crippen LogP contribution in [0.5, 0.6) is 0 Å². The fourth-order valence-electron chi connectivity index (χ4n) is 1.60. The number of amides is 2. The summed E-state index contributed by atoms with van der Waals surface area (Å²) in [5.41, 5.74) is 0. The quantitative estimate of drug-likeness (QED) is 0.669. The van der Waals surface area contributed by atoms with E-state index in [1.165, 1.54) is 0 Å². The van der Waals surface area contributed by atoms with Gasteiger partial charge in [-0.05, 0) is 19.3 Å². The highest BCUT2D eigenvalue weighted by molar-refractivity contribution is 5.74. The molecule has 5 nitrogen and oxygen atoms in total. The van der Waals surface area contributed by atoms with Crippen LogP contribution in [0.25, 0.3) is 0 Å². The maximum atomic E-state index is 11.4. The van der Waals surface area contributed by atoms with Crippen LogP contribution in [0.1, 0.15) is 19.3 Å². The van der Waals surface area contributed by atoms with Crippen LogP contribution < -0.4 is 5.32 Å². The van der Waals surface area contributed by atoms with Crippen LogP contribution in [-0.2, 0) is 9.53 Å². The number of piperidine rings is 1. The number of nitrogens with zero attached hydrogens (tertiary/aromatic N) is 1. The molecule has 14 heavy (non-hydrogen) atoms. The van der Waals surface area contributed by atoms with Crippen molar-refractivity contribution in [2.45, 2.75) is 25.5 Å². The number of aldehydes is 1. The summed E-state index contributed by atoms with van der Waals surface area (Å²) in [6.45, 7) is 0.751. The van der Waals surface area contributed by atoms with Gasteiger partial charge in [-0.1, -0.05) is 0 Å². The highest BCUT2D eigenvalue weighted by Gasteiger charge is 2.26. The molecule has 1 unspecified atom stereocenters. The molecule has 0 saturated carbocycles. The summed E-state index contributed by atoms with van der Waals surface area (Å²) in [5.74, 6) is 0. The van der Waals surface area contributed by atoms with Crippen molar-refractivity contribution >= 4 is 12.3 Å². The highest BCUT2D eigenvalue weighted by Crippen LogP contribution is 2.17. The van der Waals surface area contributed by atoms with Crippen LogP contribution in [0.3, 0.4) is 0 Å². The van der Waals surface area contributed by atoms with E-state index in [9.17, 15) is 9.59 Å². The Labute approximate surface area is 83.4 Å². The molecule has 1 fully saturated rings. The van der Waals surface area contributed by atoms with E-state index in [4.69, 9.17) is 4.74 Å². The molecule has 1 aliphatic heterocycles. The van der Waals surface area contributed by atoms with Gasteiger partial charge in [0.05, 0.1) is 0 Å². The third-order valence-corrected chi connectivity index (χ3v) is 2.28. The Morgan fingerprint density at radius 1 is 1.64 bits per heavy atom. The lowest BCUT2D eigenvalue weighted by molar-refractivity contribution is -0.119. The number of urea groups is 1. The molecule has 1 N–H and O–H groups in total. The predicted octanol–water partition coefficient (Wildman–Crippen LogP) is 0.353. The molecule has 2 amide bonds. The summed E-state index contributed by atoms with van der Waals surface area (Å²) in [7, 11) is 1.59. The Balaban J connectivity index is 2.49. The molecule has 0 aromatic carbocycles. The monoisotopic (exact) mass is 200 g/mol. The molecule has 1 heterocycles. The fraction of sp³-hybridized carbons (Fsp3) is 0.778. The van der Waals surface area contributed by atoms with Gasteiger partial charge >= 0.3 is 6.03 Å². The van der Waals surface area contributed by atoms with E-state index < -0.39 is 0 Å². The lowest BCUT2D eigenvalue weighted by atomic mass is 10.1. The molecule has 1 rings (SSSR count). The van der Waals surface area contributed by atoms with Crippen LogP contribution in [0.2, 0.25) is 0 Å². The zero-order chi connectivity index (χ0) is 10.4. The summed E-state index contributed by atoms with van der Waals surface area (Å²) in [6.07, 6.45) is 3.30. The van der Waals surface area contributed by atoms with Crippen molar-refractivity contribution in [3.63, 3.8) is 0 Å². The van der Waals surface area contributed by atoms with E-state index in [1.54, 1.807) is 11.9 Å². The van der Waals surface area contributed by atoms with Gasteiger partial charge in [-0.3, -0.25) is 4.90 Å². The van der Waals surface area contributed by atoms with Gasteiger partial charge in [0.1, 0.15) is 19.1 Å². The lowest BCUT2D eigenvalue weighted by Gasteiger charge is -2.34. The van der Waals surface area contributed by atoms with Gasteiger partial charge in [-0.2, -0.15) is 0 Å². The third kappa shape index (κ3) is 2.70. The minimum absolute atomic E-state index is 0.0537. The fourth-order valence-corrected chi connectivity index (χ4v) is 1.60. The van der Waals surface area contributed by atoms with Gasteiger partial charge in [0.25, 0.3) is 0 Å². The standard InChI is InChI=1S/C9H16N2O3/c1-10-9(13)11-5-3-2-4-8(11)14-7-6-12/h6,8H,2-5,7H2,1H3,(H,10,13). The Hall–Kier alpha value is -1.10. The second kappa shape index (κ2) is 5.59. The predicted molar refractivity (Wildman–Crippen MR) is 50.8 cm³/mol. The van der Waals surface area contributed by atoms with Gasteiger partial charge in [0.2, 0.25) is 0 Å². The smallest absolute Gasteiger partial charge is 0.319 e. The molecule has 1 aliphatic rings. The van der Waals surface area contributed by atoms with E-state index in [1.807, 2.05) is 0 Å². The number of rotatable bonds is 3. The molecule has 0 radical (unpaired) electrons. The van der Waals surface area contributed by atoms with E-state index in [-0.39, 0.29) is 18.9 Å². The van der Waals surface area contributed by atoms with Crippen molar-refractivity contribution in [2.75, 3.05) is 20.2 Å². The van der Waals surface area contributed by atoms with E-state index in [0.717, 1.165) is 19.3 Å². The number of hydrogen-bond acceptors (Lipinski definition) is 3. The van der Waals surface area contributed by atoms with Crippen LogP contribution in [0.15, 0.2) is 0 Å². The maximum absolute atomic E-state index is 11.4. The Bertz CT molecular complexity index is 208. The van der Waals surface area contributed by atoms with Gasteiger partial charge < -0.3 is 14.8 Å². The van der Waals surface area contributed by atoms with Gasteiger partial charge in [0.15, 0.2) is 0 Å². The first-order chi connectivity index (χ1) is 6.79. The average Bonchev–Trinajstić information content (AvgIpc) is 2.25. The number of likely N-dealkylation sites (tertiary alicyclic amines) is 1. The Morgan fingerprint density at radius 3 is 3.07 bits per heavy atom. The Morgan fingerprint density at radius 2 is 2.43 bits per heavy atom. The van der Waals surface area contributed by atoms with Crippen molar-refractivity contribution in [2.24, 2.45) is 0 Å². The first-order valence-corrected chi connectivity index (χ1v) is 4.83. The number of ether oxygens (including phenoxy) is 1. The second-order valence-corrected chi connectivity index (χ2v) is 3.20. The zero-order valence-electron chi connectivity index (χ0n) is 8.36. The molecular weight excluding hydrogens is 184 g/mol. The molecule has 1 atom stereocenters. The molecule has 1 saturated heterocycles. The SMILES string of the molecule is CNC(=O)N1CCCCC1OCC=O. The molecule has 0 aliphatic carbocycles. The van der Waals surface area contributed by atoms with Gasteiger partial charge in [-0.25, -0.2) is 4.79 Å². The summed E-state index contributed by atoms with van der Waals surface area (Å²) < 4.78 is 5.26. The topological polar surface area (TPSA) is 58.6 Å². The average molecular weight is 200 g/mol. The maximum Gasteiger partial charge on any atom is 0.319 e. The van der Waals surface area contributed by atoms with Crippen molar-refractivity contribution in [1.29, 1.82) is 0 Å². The first kappa shape index (κ1) is 11.0. The minimum Gasteiger partial charge on any atom is -0.351 e. The highest BCUT2D eigenvalue weighted by atomic mass is 16.5. The van der Waals surface area contributed by atoms with E-state index >= 15 is 0 Å². The summed E-state index contributed by atoms with van der Waals surface area (Å²) in [5, 5.41) is 2.56. The number of carbonyl (C=O) groups is 2. The van der Waals surface area contributed by atoms with Crippen LogP contribution in [-0.4, -0.2) is 43.6 Å².